The number of carbonyl (C=O) groups excluding carboxylic acids is 1. The van der Waals surface area contributed by atoms with E-state index in [0.717, 1.165) is 0 Å². The summed E-state index contributed by atoms with van der Waals surface area (Å²) in [4.78, 5) is 12.0. The second-order valence-electron chi connectivity index (χ2n) is 5.71. The highest BCUT2D eigenvalue weighted by atomic mass is 19.1. The monoisotopic (exact) mass is 294 g/mol. The molecule has 0 aliphatic heterocycles. The number of hydrogen-bond acceptors (Lipinski definition) is 3. The van der Waals surface area contributed by atoms with Gasteiger partial charge in [-0.1, -0.05) is 19.3 Å². The first kappa shape index (κ1) is 15.8. The number of amides is 1. The van der Waals surface area contributed by atoms with E-state index in [9.17, 15) is 9.18 Å². The van der Waals surface area contributed by atoms with Gasteiger partial charge in [0, 0.05) is 5.69 Å². The SMILES string of the molecule is CC(OCC1CCCCC1)C(=O)Nc1ccc(F)c(N)c1. The molecule has 0 bridgehead atoms. The van der Waals surface area contributed by atoms with Gasteiger partial charge in [0.1, 0.15) is 11.9 Å². The van der Waals surface area contributed by atoms with Crippen molar-refractivity contribution in [3.63, 3.8) is 0 Å². The standard InChI is InChI=1S/C16H23FN2O2/c1-11(21-10-12-5-3-2-4-6-12)16(20)19-13-7-8-14(17)15(18)9-13/h7-9,11-12H,2-6,10,18H2,1H3,(H,19,20). The number of hydrogen-bond donors (Lipinski definition) is 2. The number of benzene rings is 1. The number of anilines is 2. The summed E-state index contributed by atoms with van der Waals surface area (Å²) in [6, 6.07) is 4.12. The van der Waals surface area contributed by atoms with Gasteiger partial charge in [0.05, 0.1) is 12.3 Å². The molecule has 3 N–H and O–H groups in total. The molecule has 21 heavy (non-hydrogen) atoms. The van der Waals surface area contributed by atoms with Gasteiger partial charge in [-0.2, -0.15) is 0 Å². The van der Waals surface area contributed by atoms with Crippen molar-refractivity contribution >= 4 is 17.3 Å². The lowest BCUT2D eigenvalue weighted by Gasteiger charge is -2.23. The topological polar surface area (TPSA) is 64.3 Å². The minimum atomic E-state index is -0.529. The van der Waals surface area contributed by atoms with Crippen molar-refractivity contribution in [2.24, 2.45) is 5.92 Å². The van der Waals surface area contributed by atoms with Crippen LogP contribution < -0.4 is 11.1 Å². The molecule has 1 amide bonds. The van der Waals surface area contributed by atoms with Crippen molar-refractivity contribution in [3.05, 3.63) is 24.0 Å². The molecular weight excluding hydrogens is 271 g/mol. The van der Waals surface area contributed by atoms with E-state index in [-0.39, 0.29) is 11.6 Å². The molecule has 0 heterocycles. The van der Waals surface area contributed by atoms with Gasteiger partial charge in [0.25, 0.3) is 5.91 Å². The van der Waals surface area contributed by atoms with Crippen LogP contribution in [0, 0.1) is 11.7 Å². The quantitative estimate of drug-likeness (QED) is 0.819. The Kier molecular flexibility index (Phi) is 5.56. The summed E-state index contributed by atoms with van der Waals surface area (Å²) in [5.41, 5.74) is 5.97. The maximum absolute atomic E-state index is 13.1. The van der Waals surface area contributed by atoms with E-state index in [4.69, 9.17) is 10.5 Å². The molecule has 1 atom stereocenters. The highest BCUT2D eigenvalue weighted by Crippen LogP contribution is 2.24. The van der Waals surface area contributed by atoms with Crippen LogP contribution in [-0.2, 0) is 9.53 Å². The molecule has 1 saturated carbocycles. The van der Waals surface area contributed by atoms with Gasteiger partial charge in [0.15, 0.2) is 0 Å². The molecule has 4 nitrogen and oxygen atoms in total. The van der Waals surface area contributed by atoms with Crippen LogP contribution >= 0.6 is 0 Å². The molecule has 1 aliphatic rings. The fraction of sp³-hybridized carbons (Fsp3) is 0.562. The fourth-order valence-electron chi connectivity index (χ4n) is 2.58. The second-order valence-corrected chi connectivity index (χ2v) is 5.71. The van der Waals surface area contributed by atoms with E-state index >= 15 is 0 Å². The Morgan fingerprint density at radius 1 is 1.43 bits per heavy atom. The average molecular weight is 294 g/mol. The van der Waals surface area contributed by atoms with Crippen molar-refractivity contribution in [1.82, 2.24) is 0 Å². The summed E-state index contributed by atoms with van der Waals surface area (Å²) in [7, 11) is 0. The lowest BCUT2D eigenvalue weighted by molar-refractivity contribution is -0.127. The number of rotatable bonds is 5. The van der Waals surface area contributed by atoms with Crippen molar-refractivity contribution in [2.45, 2.75) is 45.1 Å². The summed E-state index contributed by atoms with van der Waals surface area (Å²) in [5, 5.41) is 2.69. The summed E-state index contributed by atoms with van der Waals surface area (Å²) in [5.74, 6) is -0.165. The van der Waals surface area contributed by atoms with Gasteiger partial charge in [-0.05, 0) is 43.9 Å². The number of nitrogens with one attached hydrogen (secondary N) is 1. The van der Waals surface area contributed by atoms with Crippen LogP contribution in [-0.4, -0.2) is 18.6 Å². The predicted molar refractivity (Wildman–Crippen MR) is 81.4 cm³/mol. The van der Waals surface area contributed by atoms with E-state index in [0.29, 0.717) is 18.2 Å². The smallest absolute Gasteiger partial charge is 0.253 e. The van der Waals surface area contributed by atoms with E-state index in [2.05, 4.69) is 5.32 Å². The molecule has 0 aromatic heterocycles. The van der Waals surface area contributed by atoms with Gasteiger partial charge in [-0.15, -0.1) is 0 Å². The Morgan fingerprint density at radius 2 is 2.14 bits per heavy atom. The zero-order valence-corrected chi connectivity index (χ0v) is 12.4. The van der Waals surface area contributed by atoms with Crippen molar-refractivity contribution in [3.8, 4) is 0 Å². The van der Waals surface area contributed by atoms with Gasteiger partial charge < -0.3 is 15.8 Å². The maximum atomic E-state index is 13.1. The zero-order valence-electron chi connectivity index (χ0n) is 12.4. The van der Waals surface area contributed by atoms with Gasteiger partial charge >= 0.3 is 0 Å². The normalized spacial score (nSPS) is 17.4. The first-order valence-corrected chi connectivity index (χ1v) is 7.53. The molecule has 0 radical (unpaired) electrons. The third-order valence-corrected chi connectivity index (χ3v) is 3.94. The molecule has 0 spiro atoms. The molecule has 0 saturated heterocycles. The van der Waals surface area contributed by atoms with Crippen LogP contribution in [0.1, 0.15) is 39.0 Å². The van der Waals surface area contributed by atoms with E-state index in [1.54, 1.807) is 6.92 Å². The molecule has 1 aliphatic carbocycles. The molecule has 116 valence electrons. The summed E-state index contributed by atoms with van der Waals surface area (Å²) in [6.07, 6.45) is 5.65. The molecule has 1 aromatic rings. The van der Waals surface area contributed by atoms with E-state index in [1.807, 2.05) is 0 Å². The number of halogens is 1. The molecule has 5 heteroatoms. The average Bonchev–Trinajstić information content (AvgIpc) is 2.49. The third-order valence-electron chi connectivity index (χ3n) is 3.94. The molecule has 1 fully saturated rings. The Bertz CT molecular complexity index is 487. The lowest BCUT2D eigenvalue weighted by Crippen LogP contribution is -2.30. The third kappa shape index (κ3) is 4.70. The van der Waals surface area contributed by atoms with Crippen LogP contribution in [0.25, 0.3) is 0 Å². The molecule has 2 rings (SSSR count). The predicted octanol–water partition coefficient (Wildman–Crippen LogP) is 3.33. The minimum absolute atomic E-state index is 0.0172. The highest BCUT2D eigenvalue weighted by molar-refractivity contribution is 5.94. The summed E-state index contributed by atoms with van der Waals surface area (Å²) in [6.45, 7) is 2.35. The lowest BCUT2D eigenvalue weighted by atomic mass is 9.90. The molecule has 1 aromatic carbocycles. The summed E-state index contributed by atoms with van der Waals surface area (Å²) >= 11 is 0. The van der Waals surface area contributed by atoms with E-state index in [1.165, 1.54) is 50.3 Å². The Labute approximate surface area is 124 Å². The molecular formula is C16H23FN2O2. The maximum Gasteiger partial charge on any atom is 0.253 e. The van der Waals surface area contributed by atoms with Crippen LogP contribution in [0.3, 0.4) is 0 Å². The fourth-order valence-corrected chi connectivity index (χ4v) is 2.58. The number of carbonyl (C=O) groups is 1. The van der Waals surface area contributed by atoms with Crippen molar-refractivity contribution in [2.75, 3.05) is 17.7 Å². The number of ether oxygens (including phenoxy) is 1. The largest absolute Gasteiger partial charge is 0.396 e. The van der Waals surface area contributed by atoms with Gasteiger partial charge in [0.2, 0.25) is 0 Å². The Balaban J connectivity index is 1.80. The van der Waals surface area contributed by atoms with Gasteiger partial charge in [-0.3, -0.25) is 4.79 Å². The molecule has 1 unspecified atom stereocenters. The van der Waals surface area contributed by atoms with Crippen molar-refractivity contribution < 1.29 is 13.9 Å². The van der Waals surface area contributed by atoms with E-state index < -0.39 is 11.9 Å². The van der Waals surface area contributed by atoms with Crippen molar-refractivity contribution in [1.29, 1.82) is 0 Å². The Hall–Kier alpha value is -1.62. The first-order chi connectivity index (χ1) is 10.1. The zero-order chi connectivity index (χ0) is 15.2. The van der Waals surface area contributed by atoms with Crippen LogP contribution in [0.15, 0.2) is 18.2 Å². The Morgan fingerprint density at radius 3 is 2.81 bits per heavy atom. The first-order valence-electron chi connectivity index (χ1n) is 7.53. The highest BCUT2D eigenvalue weighted by Gasteiger charge is 2.18. The summed E-state index contributed by atoms with van der Waals surface area (Å²) < 4.78 is 18.7. The van der Waals surface area contributed by atoms with Crippen LogP contribution in [0.2, 0.25) is 0 Å². The second kappa shape index (κ2) is 7.41. The van der Waals surface area contributed by atoms with Gasteiger partial charge in [-0.25, -0.2) is 4.39 Å². The van der Waals surface area contributed by atoms with Crippen LogP contribution in [0.5, 0.6) is 0 Å². The van der Waals surface area contributed by atoms with Crippen LogP contribution in [0.4, 0.5) is 15.8 Å². The minimum Gasteiger partial charge on any atom is -0.396 e. The number of nitrogen functional groups attached to an aromatic ring is 1. The number of nitrogens with two attached hydrogens (primary N) is 1.